The fourth-order valence-electron chi connectivity index (χ4n) is 3.09. The summed E-state index contributed by atoms with van der Waals surface area (Å²) in [4.78, 5) is 16.1. The minimum atomic E-state index is -1.16. The van der Waals surface area contributed by atoms with Crippen LogP contribution in [-0.4, -0.2) is 38.3 Å². The van der Waals surface area contributed by atoms with Gasteiger partial charge in [-0.2, -0.15) is 10.4 Å². The van der Waals surface area contributed by atoms with E-state index in [1.165, 1.54) is 6.33 Å². The van der Waals surface area contributed by atoms with Crippen molar-refractivity contribution in [1.29, 1.82) is 5.26 Å². The lowest BCUT2D eigenvalue weighted by Gasteiger charge is -2.21. The van der Waals surface area contributed by atoms with Crippen LogP contribution < -0.4 is 5.32 Å². The highest BCUT2D eigenvalue weighted by atomic mass is 16.5. The van der Waals surface area contributed by atoms with Gasteiger partial charge in [0, 0.05) is 6.42 Å². The predicted molar refractivity (Wildman–Crippen MR) is 89.6 cm³/mol. The number of amides is 1. The Labute approximate surface area is 145 Å². The molecule has 8 heteroatoms. The Morgan fingerprint density at radius 1 is 1.60 bits per heavy atom. The summed E-state index contributed by atoms with van der Waals surface area (Å²) in [5.41, 5.74) is 0.0258. The summed E-state index contributed by atoms with van der Waals surface area (Å²) in [6.45, 7) is 1.90. The molecule has 8 nitrogen and oxygen atoms in total. The summed E-state index contributed by atoms with van der Waals surface area (Å²) >= 11 is 0. The van der Waals surface area contributed by atoms with Crippen LogP contribution in [0.5, 0.6) is 0 Å². The van der Waals surface area contributed by atoms with Crippen molar-refractivity contribution in [1.82, 2.24) is 14.6 Å². The first-order chi connectivity index (χ1) is 12.1. The van der Waals surface area contributed by atoms with Crippen LogP contribution in [0.1, 0.15) is 44.7 Å². The molecule has 0 spiro atoms. The lowest BCUT2D eigenvalue weighted by Crippen LogP contribution is -2.28. The van der Waals surface area contributed by atoms with Crippen LogP contribution in [0.2, 0.25) is 0 Å². The van der Waals surface area contributed by atoms with Gasteiger partial charge in [0.1, 0.15) is 17.9 Å². The lowest BCUT2D eigenvalue weighted by molar-refractivity contribution is -0.116. The molecule has 25 heavy (non-hydrogen) atoms. The number of aliphatic hydroxyl groups excluding tert-OH is 1. The molecule has 1 aliphatic heterocycles. The van der Waals surface area contributed by atoms with E-state index in [1.54, 1.807) is 16.6 Å². The van der Waals surface area contributed by atoms with Crippen molar-refractivity contribution in [2.24, 2.45) is 0 Å². The van der Waals surface area contributed by atoms with Crippen LogP contribution in [0.3, 0.4) is 0 Å². The molecule has 0 bridgehead atoms. The van der Waals surface area contributed by atoms with E-state index in [0.29, 0.717) is 36.3 Å². The smallest absolute Gasteiger partial charge is 0.225 e. The number of ether oxygens (including phenoxy) is 1. The van der Waals surface area contributed by atoms with Crippen LogP contribution in [0.15, 0.2) is 18.5 Å². The number of aromatic nitrogens is 3. The fraction of sp³-hybridized carbons (Fsp3) is 0.529. The van der Waals surface area contributed by atoms with Crippen molar-refractivity contribution in [3.05, 3.63) is 24.2 Å². The van der Waals surface area contributed by atoms with E-state index in [4.69, 9.17) is 4.74 Å². The Morgan fingerprint density at radius 3 is 3.12 bits per heavy atom. The fourth-order valence-corrected chi connectivity index (χ4v) is 3.09. The molecule has 2 aromatic heterocycles. The minimum Gasteiger partial charge on any atom is -0.394 e. The van der Waals surface area contributed by atoms with E-state index in [1.807, 2.05) is 6.92 Å². The van der Waals surface area contributed by atoms with E-state index in [2.05, 4.69) is 21.5 Å². The first-order valence-corrected chi connectivity index (χ1v) is 8.46. The van der Waals surface area contributed by atoms with E-state index < -0.39 is 5.60 Å². The molecule has 0 aliphatic carbocycles. The van der Waals surface area contributed by atoms with E-state index >= 15 is 0 Å². The maximum atomic E-state index is 12.0. The number of nitrogens with zero attached hydrogens (tertiary/aromatic N) is 4. The molecule has 0 saturated carbocycles. The molecule has 3 heterocycles. The van der Waals surface area contributed by atoms with Crippen molar-refractivity contribution >= 4 is 17.2 Å². The van der Waals surface area contributed by atoms with E-state index in [9.17, 15) is 15.2 Å². The van der Waals surface area contributed by atoms with Gasteiger partial charge in [0.15, 0.2) is 11.4 Å². The zero-order chi connectivity index (χ0) is 17.9. The van der Waals surface area contributed by atoms with Gasteiger partial charge >= 0.3 is 0 Å². The molecular weight excluding hydrogens is 322 g/mol. The zero-order valence-electron chi connectivity index (χ0n) is 14.1. The van der Waals surface area contributed by atoms with Gasteiger partial charge in [-0.15, -0.1) is 0 Å². The van der Waals surface area contributed by atoms with Crippen molar-refractivity contribution in [2.75, 3.05) is 11.9 Å². The normalized spacial score (nSPS) is 22.8. The van der Waals surface area contributed by atoms with Crippen LogP contribution in [0, 0.1) is 11.3 Å². The number of nitrogens with one attached hydrogen (secondary N) is 1. The van der Waals surface area contributed by atoms with Gasteiger partial charge in [0.05, 0.1) is 18.4 Å². The number of nitriles is 1. The molecule has 2 unspecified atom stereocenters. The molecule has 1 fully saturated rings. The van der Waals surface area contributed by atoms with Crippen LogP contribution in [0.25, 0.3) is 5.52 Å². The first kappa shape index (κ1) is 17.3. The molecule has 132 valence electrons. The Bertz CT molecular complexity index is 812. The van der Waals surface area contributed by atoms with Gasteiger partial charge in [-0.3, -0.25) is 4.79 Å². The molecule has 1 saturated heterocycles. The minimum absolute atomic E-state index is 0.0994. The monoisotopic (exact) mass is 343 g/mol. The average molecular weight is 343 g/mol. The molecular formula is C17H21N5O3. The third-order valence-electron chi connectivity index (χ3n) is 4.45. The second kappa shape index (κ2) is 7.17. The third kappa shape index (κ3) is 3.21. The SMILES string of the molecule is CCCCC(=O)Nc1ncnn2c(C3(C#N)CCC(CO)O3)ccc12. The van der Waals surface area contributed by atoms with E-state index in [-0.39, 0.29) is 18.6 Å². The van der Waals surface area contributed by atoms with Crippen LogP contribution in [-0.2, 0) is 15.1 Å². The Morgan fingerprint density at radius 2 is 2.44 bits per heavy atom. The van der Waals surface area contributed by atoms with Gasteiger partial charge in [0.2, 0.25) is 5.91 Å². The Kier molecular flexibility index (Phi) is 4.97. The molecule has 1 amide bonds. The molecule has 1 aliphatic rings. The van der Waals surface area contributed by atoms with Crippen LogP contribution in [0.4, 0.5) is 5.82 Å². The summed E-state index contributed by atoms with van der Waals surface area (Å²) < 4.78 is 7.37. The molecule has 0 aromatic carbocycles. The average Bonchev–Trinajstić information content (AvgIpc) is 3.25. The number of fused-ring (bicyclic) bond motifs is 1. The van der Waals surface area contributed by atoms with Gasteiger partial charge in [-0.1, -0.05) is 13.3 Å². The number of hydrogen-bond acceptors (Lipinski definition) is 6. The summed E-state index contributed by atoms with van der Waals surface area (Å²) in [7, 11) is 0. The summed E-state index contributed by atoms with van der Waals surface area (Å²) in [5, 5.41) is 26.0. The number of unbranched alkanes of at least 4 members (excludes halogenated alkanes) is 1. The molecule has 3 rings (SSSR count). The topological polar surface area (TPSA) is 113 Å². The van der Waals surface area contributed by atoms with Gasteiger partial charge in [0.25, 0.3) is 0 Å². The van der Waals surface area contributed by atoms with E-state index in [0.717, 1.165) is 12.8 Å². The summed E-state index contributed by atoms with van der Waals surface area (Å²) in [6, 6.07) is 5.74. The summed E-state index contributed by atoms with van der Waals surface area (Å²) in [6.07, 6.45) is 4.24. The zero-order valence-corrected chi connectivity index (χ0v) is 14.1. The highest BCUT2D eigenvalue weighted by molar-refractivity contribution is 5.93. The quantitative estimate of drug-likeness (QED) is 0.826. The lowest BCUT2D eigenvalue weighted by atomic mass is 9.98. The largest absolute Gasteiger partial charge is 0.394 e. The number of rotatable bonds is 6. The number of hydrogen-bond donors (Lipinski definition) is 2. The van der Waals surface area contributed by atoms with Gasteiger partial charge in [-0.05, 0) is 31.4 Å². The highest BCUT2D eigenvalue weighted by Gasteiger charge is 2.44. The predicted octanol–water partition coefficient (Wildman–Crippen LogP) is 1.75. The standard InChI is InChI=1S/C17H21N5O3/c1-2-3-4-15(24)21-16-13-5-6-14(22(13)20-11-19-16)17(10-18)8-7-12(9-23)25-17/h5-6,11-12,23H,2-4,7-9H2,1H3,(H,19,20,21,24). The maximum Gasteiger partial charge on any atom is 0.225 e. The van der Waals surface area contributed by atoms with Crippen molar-refractivity contribution in [3.63, 3.8) is 0 Å². The Hall–Kier alpha value is -2.50. The summed E-state index contributed by atoms with van der Waals surface area (Å²) in [5.74, 6) is 0.310. The molecule has 0 radical (unpaired) electrons. The highest BCUT2D eigenvalue weighted by Crippen LogP contribution is 2.39. The Balaban J connectivity index is 1.94. The molecule has 2 atom stereocenters. The first-order valence-electron chi connectivity index (χ1n) is 8.46. The van der Waals surface area contributed by atoms with Gasteiger partial charge < -0.3 is 15.2 Å². The number of carbonyl (C=O) groups excluding carboxylic acids is 1. The molecule has 2 N–H and O–H groups in total. The molecule has 2 aromatic rings. The number of aliphatic hydroxyl groups is 1. The van der Waals surface area contributed by atoms with Crippen molar-refractivity contribution in [3.8, 4) is 6.07 Å². The van der Waals surface area contributed by atoms with Gasteiger partial charge in [-0.25, -0.2) is 9.50 Å². The van der Waals surface area contributed by atoms with Crippen molar-refractivity contribution in [2.45, 2.75) is 50.7 Å². The van der Waals surface area contributed by atoms with Crippen molar-refractivity contribution < 1.29 is 14.6 Å². The maximum absolute atomic E-state index is 12.0. The second-order valence-electron chi connectivity index (χ2n) is 6.18. The second-order valence-corrected chi connectivity index (χ2v) is 6.18. The third-order valence-corrected chi connectivity index (χ3v) is 4.45. The van der Waals surface area contributed by atoms with Crippen LogP contribution >= 0.6 is 0 Å². The number of carbonyl (C=O) groups is 1. The number of anilines is 1.